The second-order valence-electron chi connectivity index (χ2n) is 6.06. The molecule has 1 amide bonds. The minimum Gasteiger partial charge on any atom is -0.478 e. The van der Waals surface area contributed by atoms with E-state index in [9.17, 15) is 24.2 Å². The van der Waals surface area contributed by atoms with E-state index in [0.717, 1.165) is 17.7 Å². The number of aliphatic hydroxyl groups excluding tert-OH is 2. The first-order chi connectivity index (χ1) is 13.3. The van der Waals surface area contributed by atoms with Crippen LogP contribution in [0.15, 0.2) is 42.5 Å². The second-order valence-corrected chi connectivity index (χ2v) is 6.06. The Morgan fingerprint density at radius 2 is 1.86 bits per heavy atom. The van der Waals surface area contributed by atoms with Gasteiger partial charge in [0.1, 0.15) is 18.5 Å². The van der Waals surface area contributed by atoms with E-state index in [2.05, 4.69) is 5.32 Å². The van der Waals surface area contributed by atoms with Gasteiger partial charge in [0.05, 0.1) is 11.7 Å². The number of halogens is 1. The highest BCUT2D eigenvalue weighted by Gasteiger charge is 2.24. The quantitative estimate of drug-likeness (QED) is 0.431. The maximum absolute atomic E-state index is 14.0. The molecule has 0 spiro atoms. The lowest BCUT2D eigenvalue weighted by Crippen LogP contribution is -2.30. The number of nitrogens with one attached hydrogen (secondary N) is 1. The molecule has 0 aromatic heterocycles. The van der Waals surface area contributed by atoms with Crippen LogP contribution in [-0.4, -0.2) is 40.0 Å². The molecule has 9 heteroatoms. The average molecular weight is 392 g/mol. The van der Waals surface area contributed by atoms with E-state index < -0.39 is 35.7 Å². The van der Waals surface area contributed by atoms with Gasteiger partial charge in [-0.2, -0.15) is 0 Å². The van der Waals surface area contributed by atoms with E-state index in [0.29, 0.717) is 0 Å². The van der Waals surface area contributed by atoms with Crippen LogP contribution in [0.5, 0.6) is 0 Å². The fourth-order valence-corrected chi connectivity index (χ4v) is 2.48. The average Bonchev–Trinajstić information content (AvgIpc) is 2.66. The Labute approximate surface area is 160 Å². The molecule has 0 bridgehead atoms. The molecule has 8 nitrogen and oxygen atoms in total. The van der Waals surface area contributed by atoms with Gasteiger partial charge in [-0.05, 0) is 24.1 Å². The molecule has 0 fully saturated rings. The molecule has 0 saturated heterocycles. The van der Waals surface area contributed by atoms with Crippen molar-refractivity contribution in [3.8, 4) is 0 Å². The summed E-state index contributed by atoms with van der Waals surface area (Å²) >= 11 is 0. The van der Waals surface area contributed by atoms with Crippen molar-refractivity contribution in [2.75, 3.05) is 12.3 Å². The maximum Gasteiger partial charge on any atom is 0.407 e. The molecule has 28 heavy (non-hydrogen) atoms. The van der Waals surface area contributed by atoms with E-state index in [1.54, 1.807) is 24.3 Å². The predicted molar refractivity (Wildman–Crippen MR) is 98.0 cm³/mol. The van der Waals surface area contributed by atoms with E-state index >= 15 is 0 Å². The molecule has 0 radical (unpaired) electrons. The third kappa shape index (κ3) is 5.66. The summed E-state index contributed by atoms with van der Waals surface area (Å²) in [7, 11) is 0. The highest BCUT2D eigenvalue weighted by atomic mass is 19.1. The third-order valence-corrected chi connectivity index (χ3v) is 4.00. The number of hydrogen-bond acceptors (Lipinski definition) is 6. The Morgan fingerprint density at radius 1 is 1.18 bits per heavy atom. The summed E-state index contributed by atoms with van der Waals surface area (Å²) < 4.78 is 19.0. The molecule has 2 aromatic carbocycles. The van der Waals surface area contributed by atoms with Gasteiger partial charge in [0.25, 0.3) is 0 Å². The molecule has 0 saturated carbocycles. The number of rotatable bonds is 8. The van der Waals surface area contributed by atoms with Gasteiger partial charge >= 0.3 is 12.1 Å². The normalized spacial score (nSPS) is 12.8. The van der Waals surface area contributed by atoms with E-state index in [-0.39, 0.29) is 30.8 Å². The van der Waals surface area contributed by atoms with Crippen molar-refractivity contribution in [1.29, 1.82) is 0 Å². The van der Waals surface area contributed by atoms with Crippen LogP contribution in [0.1, 0.15) is 34.0 Å². The lowest BCUT2D eigenvalue weighted by molar-refractivity contribution is 0.0115. The van der Waals surface area contributed by atoms with Crippen LogP contribution in [0.4, 0.5) is 14.9 Å². The number of alkyl carbamates (subject to hydrolysis) is 1. The van der Waals surface area contributed by atoms with Gasteiger partial charge in [0.2, 0.25) is 0 Å². The fraction of sp³-hybridized carbons (Fsp3) is 0.263. The SMILES string of the molecule is Nc1cc(F)c(C(O)C(O)CCNC(=O)OCc2ccccc2)cc1C(=O)O. The number of aliphatic hydroxyl groups is 2. The first kappa shape index (κ1) is 21.1. The Morgan fingerprint density at radius 3 is 2.50 bits per heavy atom. The van der Waals surface area contributed by atoms with Crippen molar-refractivity contribution in [1.82, 2.24) is 5.32 Å². The first-order valence-electron chi connectivity index (χ1n) is 8.42. The summed E-state index contributed by atoms with van der Waals surface area (Å²) in [5, 5.41) is 31.6. The lowest BCUT2D eigenvalue weighted by atomic mass is 9.98. The standard InChI is InChI=1S/C19H21FN2O6/c20-14-9-15(21)13(18(25)26)8-12(14)17(24)16(23)6-7-22-19(27)28-10-11-4-2-1-3-5-11/h1-5,8-9,16-17,23-24H,6-7,10,21H2,(H,22,27)(H,25,26). The number of ether oxygens (including phenoxy) is 1. The van der Waals surface area contributed by atoms with E-state index in [1.165, 1.54) is 0 Å². The summed E-state index contributed by atoms with van der Waals surface area (Å²) in [6.45, 7) is 0.0285. The van der Waals surface area contributed by atoms with Gasteiger partial charge in [-0.15, -0.1) is 0 Å². The molecule has 150 valence electrons. The number of hydrogen-bond donors (Lipinski definition) is 5. The number of carboxylic acid groups (broad SMARTS) is 1. The summed E-state index contributed by atoms with van der Waals surface area (Å²) in [6.07, 6.45) is -3.97. The van der Waals surface area contributed by atoms with Gasteiger partial charge in [-0.25, -0.2) is 14.0 Å². The molecule has 0 heterocycles. The zero-order valence-electron chi connectivity index (χ0n) is 14.8. The van der Waals surface area contributed by atoms with Crippen LogP contribution in [-0.2, 0) is 11.3 Å². The molecule has 6 N–H and O–H groups in total. The lowest BCUT2D eigenvalue weighted by Gasteiger charge is -2.19. The fourth-order valence-electron chi connectivity index (χ4n) is 2.48. The Balaban J connectivity index is 1.85. The topological polar surface area (TPSA) is 142 Å². The van der Waals surface area contributed by atoms with Crippen LogP contribution in [0.3, 0.4) is 0 Å². The molecule has 2 atom stereocenters. The summed E-state index contributed by atoms with van der Waals surface area (Å²) in [5.41, 5.74) is 5.16. The number of amides is 1. The Bertz CT molecular complexity index is 831. The number of carboxylic acids is 1. The first-order valence-corrected chi connectivity index (χ1v) is 8.42. The van der Waals surface area contributed by atoms with Gasteiger partial charge in [0.15, 0.2) is 0 Å². The number of nitrogen functional groups attached to an aromatic ring is 1. The van der Waals surface area contributed by atoms with Crippen molar-refractivity contribution in [2.24, 2.45) is 0 Å². The number of carbonyl (C=O) groups excluding carboxylic acids is 1. The number of anilines is 1. The highest BCUT2D eigenvalue weighted by Crippen LogP contribution is 2.26. The number of benzene rings is 2. The van der Waals surface area contributed by atoms with Gasteiger partial charge in [-0.3, -0.25) is 0 Å². The largest absolute Gasteiger partial charge is 0.478 e. The van der Waals surface area contributed by atoms with Crippen LogP contribution in [0.2, 0.25) is 0 Å². The third-order valence-electron chi connectivity index (χ3n) is 4.00. The summed E-state index contributed by atoms with van der Waals surface area (Å²) in [6, 6.07) is 10.7. The summed E-state index contributed by atoms with van der Waals surface area (Å²) in [5.74, 6) is -2.33. The van der Waals surface area contributed by atoms with Crippen molar-refractivity contribution >= 4 is 17.7 Å². The van der Waals surface area contributed by atoms with Gasteiger partial charge in [-0.1, -0.05) is 30.3 Å². The van der Waals surface area contributed by atoms with Crippen LogP contribution in [0.25, 0.3) is 0 Å². The molecule has 0 aliphatic carbocycles. The van der Waals surface area contributed by atoms with Crippen molar-refractivity contribution in [2.45, 2.75) is 25.2 Å². The minimum atomic E-state index is -1.69. The number of nitrogens with two attached hydrogens (primary N) is 1. The molecule has 0 aliphatic rings. The smallest absolute Gasteiger partial charge is 0.407 e. The monoisotopic (exact) mass is 392 g/mol. The van der Waals surface area contributed by atoms with Crippen LogP contribution in [0, 0.1) is 5.82 Å². The predicted octanol–water partition coefficient (Wildman–Crippen LogP) is 1.82. The zero-order valence-corrected chi connectivity index (χ0v) is 14.8. The number of aromatic carboxylic acids is 1. The molecule has 2 aromatic rings. The van der Waals surface area contributed by atoms with E-state index in [1.807, 2.05) is 6.07 Å². The van der Waals surface area contributed by atoms with Crippen molar-refractivity contribution in [3.63, 3.8) is 0 Å². The molecule has 0 aliphatic heterocycles. The number of carbonyl (C=O) groups is 2. The molecular formula is C19H21FN2O6. The van der Waals surface area contributed by atoms with Crippen molar-refractivity contribution in [3.05, 3.63) is 65.0 Å². The maximum atomic E-state index is 14.0. The zero-order chi connectivity index (χ0) is 20.7. The Kier molecular flexibility index (Phi) is 7.30. The van der Waals surface area contributed by atoms with E-state index in [4.69, 9.17) is 15.6 Å². The Hall–Kier alpha value is -3.17. The summed E-state index contributed by atoms with van der Waals surface area (Å²) in [4.78, 5) is 22.7. The minimum absolute atomic E-state index is 0.0474. The van der Waals surface area contributed by atoms with Crippen LogP contribution >= 0.6 is 0 Å². The molecule has 2 rings (SSSR count). The highest BCUT2D eigenvalue weighted by molar-refractivity contribution is 5.93. The van der Waals surface area contributed by atoms with Gasteiger partial charge < -0.3 is 31.1 Å². The second kappa shape index (κ2) is 9.67. The molecule has 2 unspecified atom stereocenters. The van der Waals surface area contributed by atoms with Crippen molar-refractivity contribution < 1.29 is 34.0 Å². The van der Waals surface area contributed by atoms with Gasteiger partial charge in [0, 0.05) is 17.8 Å². The molecular weight excluding hydrogens is 371 g/mol. The van der Waals surface area contributed by atoms with Crippen LogP contribution < -0.4 is 11.1 Å².